The zero-order chi connectivity index (χ0) is 22.0. The van der Waals surface area contributed by atoms with E-state index in [1.807, 2.05) is 6.07 Å². The number of aliphatic hydroxyl groups excluding tert-OH is 4. The number of aryl methyl sites for hydroxylation is 1. The van der Waals surface area contributed by atoms with E-state index in [9.17, 15) is 34.5 Å². The van der Waals surface area contributed by atoms with Gasteiger partial charge in [-0.05, 0) is 34.7 Å². The first-order valence-corrected chi connectivity index (χ1v) is 9.61. The molecule has 2 aromatic rings. The van der Waals surface area contributed by atoms with E-state index in [-0.39, 0.29) is 23.1 Å². The summed E-state index contributed by atoms with van der Waals surface area (Å²) in [5.74, 6) is -1.89. The molecule has 0 spiro atoms. The van der Waals surface area contributed by atoms with E-state index in [2.05, 4.69) is 0 Å². The number of hydrogen-bond donors (Lipinski definition) is 4. The van der Waals surface area contributed by atoms with Crippen LogP contribution in [0, 0.1) is 23.0 Å². The van der Waals surface area contributed by atoms with Crippen molar-refractivity contribution < 1.29 is 33.9 Å². The van der Waals surface area contributed by atoms with Gasteiger partial charge in [-0.25, -0.2) is 8.78 Å². The molecular formula is C22H23F2NO5. The summed E-state index contributed by atoms with van der Waals surface area (Å²) < 4.78 is 34.2. The molecule has 0 aromatic heterocycles. The van der Waals surface area contributed by atoms with Crippen molar-refractivity contribution >= 4 is 0 Å². The van der Waals surface area contributed by atoms with Crippen molar-refractivity contribution in [2.75, 3.05) is 6.61 Å². The van der Waals surface area contributed by atoms with Gasteiger partial charge in [0.1, 0.15) is 30.5 Å². The van der Waals surface area contributed by atoms with Crippen molar-refractivity contribution in [1.82, 2.24) is 0 Å². The van der Waals surface area contributed by atoms with Crippen LogP contribution in [0.15, 0.2) is 30.3 Å². The Balaban J connectivity index is 1.97. The summed E-state index contributed by atoms with van der Waals surface area (Å²) in [7, 11) is 0. The van der Waals surface area contributed by atoms with Crippen LogP contribution < -0.4 is 0 Å². The highest BCUT2D eigenvalue weighted by atomic mass is 19.2. The number of nitriles is 1. The molecule has 1 heterocycles. The molecule has 4 N–H and O–H groups in total. The summed E-state index contributed by atoms with van der Waals surface area (Å²) in [6, 6.07) is 9.45. The van der Waals surface area contributed by atoms with Crippen molar-refractivity contribution in [2.45, 2.75) is 50.3 Å². The summed E-state index contributed by atoms with van der Waals surface area (Å²) in [4.78, 5) is 0. The van der Waals surface area contributed by atoms with E-state index in [0.29, 0.717) is 17.5 Å². The SMILES string of the molecule is CCc1ccc(Cc2cc([C@@H]3O[C@H](CO)[C@@H](O)[C@H](O)[C@H]3O)ccc2C#N)c(F)c1F. The lowest BCUT2D eigenvalue weighted by Crippen LogP contribution is -2.55. The molecule has 0 aliphatic carbocycles. The second kappa shape index (κ2) is 9.16. The predicted molar refractivity (Wildman–Crippen MR) is 102 cm³/mol. The van der Waals surface area contributed by atoms with Gasteiger partial charge in [-0.2, -0.15) is 5.26 Å². The summed E-state index contributed by atoms with van der Waals surface area (Å²) >= 11 is 0. The van der Waals surface area contributed by atoms with Gasteiger partial charge in [-0.3, -0.25) is 0 Å². The Morgan fingerprint density at radius 2 is 1.63 bits per heavy atom. The highest BCUT2D eigenvalue weighted by Crippen LogP contribution is 2.34. The minimum Gasteiger partial charge on any atom is -0.394 e. The Kier molecular flexibility index (Phi) is 6.81. The Hall–Kier alpha value is -2.41. The lowest BCUT2D eigenvalue weighted by molar-refractivity contribution is -0.231. The molecule has 1 fully saturated rings. The van der Waals surface area contributed by atoms with E-state index in [4.69, 9.17) is 4.74 Å². The van der Waals surface area contributed by atoms with Crippen molar-refractivity contribution in [3.05, 3.63) is 69.8 Å². The van der Waals surface area contributed by atoms with Gasteiger partial charge in [0.25, 0.3) is 0 Å². The first kappa shape index (κ1) is 22.3. The number of hydrogen-bond acceptors (Lipinski definition) is 6. The molecule has 30 heavy (non-hydrogen) atoms. The van der Waals surface area contributed by atoms with E-state index in [1.54, 1.807) is 6.92 Å². The Bertz CT molecular complexity index is 959. The van der Waals surface area contributed by atoms with Crippen LogP contribution in [0.25, 0.3) is 0 Å². The van der Waals surface area contributed by atoms with Gasteiger partial charge in [0.15, 0.2) is 11.6 Å². The topological polar surface area (TPSA) is 114 Å². The standard InChI is InChI=1S/C22H23F2NO5/c1-2-11-3-4-12(18(24)17(11)23)7-15-8-13(5-6-14(15)9-25)22-21(29)20(28)19(27)16(10-26)30-22/h3-6,8,16,19-22,26-29H,2,7,10H2,1H3/t16-,19-,20+,21-,22+/m1/s1. The second-order valence-corrected chi connectivity index (χ2v) is 7.32. The molecule has 2 aromatic carbocycles. The maximum absolute atomic E-state index is 14.5. The molecule has 0 saturated carbocycles. The third-order valence-electron chi connectivity index (χ3n) is 5.47. The van der Waals surface area contributed by atoms with Crippen LogP contribution in [-0.4, -0.2) is 51.4 Å². The Morgan fingerprint density at radius 3 is 2.27 bits per heavy atom. The molecule has 1 saturated heterocycles. The maximum atomic E-state index is 14.5. The molecule has 0 amide bonds. The average Bonchev–Trinajstić information content (AvgIpc) is 2.75. The molecule has 0 unspecified atom stereocenters. The molecule has 0 bridgehead atoms. The fourth-order valence-electron chi connectivity index (χ4n) is 3.67. The first-order valence-electron chi connectivity index (χ1n) is 9.61. The molecular weight excluding hydrogens is 396 g/mol. The van der Waals surface area contributed by atoms with E-state index in [1.165, 1.54) is 30.3 Å². The molecule has 0 radical (unpaired) electrons. The zero-order valence-corrected chi connectivity index (χ0v) is 16.3. The van der Waals surface area contributed by atoms with Crippen molar-refractivity contribution in [3.8, 4) is 6.07 Å². The quantitative estimate of drug-likeness (QED) is 0.584. The number of benzene rings is 2. The van der Waals surface area contributed by atoms with Gasteiger partial charge in [0.2, 0.25) is 0 Å². The smallest absolute Gasteiger partial charge is 0.162 e. The van der Waals surface area contributed by atoms with Crippen LogP contribution in [0.3, 0.4) is 0 Å². The third kappa shape index (κ3) is 4.08. The van der Waals surface area contributed by atoms with Crippen LogP contribution in [0.5, 0.6) is 0 Å². The summed E-state index contributed by atoms with van der Waals surface area (Å²) in [5, 5.41) is 49.1. The average molecular weight is 419 g/mol. The summed E-state index contributed by atoms with van der Waals surface area (Å²) in [6.07, 6.45) is -6.42. The molecule has 1 aliphatic heterocycles. The molecule has 160 valence electrons. The minimum absolute atomic E-state index is 0.0685. The van der Waals surface area contributed by atoms with Gasteiger partial charge in [-0.1, -0.05) is 31.2 Å². The second-order valence-electron chi connectivity index (χ2n) is 7.32. The third-order valence-corrected chi connectivity index (χ3v) is 5.47. The molecule has 5 atom stereocenters. The van der Waals surface area contributed by atoms with Gasteiger partial charge in [-0.15, -0.1) is 0 Å². The van der Waals surface area contributed by atoms with Crippen molar-refractivity contribution in [3.63, 3.8) is 0 Å². The van der Waals surface area contributed by atoms with Crippen LogP contribution in [0.4, 0.5) is 8.78 Å². The first-order chi connectivity index (χ1) is 14.3. The van der Waals surface area contributed by atoms with Crippen LogP contribution in [0.1, 0.15) is 40.8 Å². The summed E-state index contributed by atoms with van der Waals surface area (Å²) in [6.45, 7) is 1.15. The van der Waals surface area contributed by atoms with Crippen molar-refractivity contribution in [2.24, 2.45) is 0 Å². The van der Waals surface area contributed by atoms with E-state index < -0.39 is 48.8 Å². The number of nitrogens with zero attached hydrogens (tertiary/aromatic N) is 1. The lowest BCUT2D eigenvalue weighted by Gasteiger charge is -2.40. The van der Waals surface area contributed by atoms with E-state index >= 15 is 0 Å². The molecule has 8 heteroatoms. The largest absolute Gasteiger partial charge is 0.394 e. The van der Waals surface area contributed by atoms with Crippen LogP contribution >= 0.6 is 0 Å². The normalized spacial score (nSPS) is 26.4. The van der Waals surface area contributed by atoms with Gasteiger partial charge < -0.3 is 25.2 Å². The maximum Gasteiger partial charge on any atom is 0.162 e. The number of halogens is 2. The highest BCUT2D eigenvalue weighted by molar-refractivity contribution is 5.44. The zero-order valence-electron chi connectivity index (χ0n) is 16.3. The number of ether oxygens (including phenoxy) is 1. The number of rotatable bonds is 5. The van der Waals surface area contributed by atoms with Gasteiger partial charge in [0, 0.05) is 6.42 Å². The van der Waals surface area contributed by atoms with Crippen LogP contribution in [0.2, 0.25) is 0 Å². The minimum atomic E-state index is -1.55. The van der Waals surface area contributed by atoms with Gasteiger partial charge >= 0.3 is 0 Å². The highest BCUT2D eigenvalue weighted by Gasteiger charge is 2.44. The fraction of sp³-hybridized carbons (Fsp3) is 0.409. The predicted octanol–water partition coefficient (Wildman–Crippen LogP) is 1.50. The molecule has 1 aliphatic rings. The van der Waals surface area contributed by atoms with E-state index in [0.717, 1.165) is 0 Å². The monoisotopic (exact) mass is 419 g/mol. The Labute approximate surface area is 172 Å². The van der Waals surface area contributed by atoms with Gasteiger partial charge in [0.05, 0.1) is 18.2 Å². The number of aliphatic hydroxyl groups is 4. The Morgan fingerprint density at radius 1 is 0.967 bits per heavy atom. The summed E-state index contributed by atoms with van der Waals surface area (Å²) in [5.41, 5.74) is 1.32. The van der Waals surface area contributed by atoms with Crippen LogP contribution in [-0.2, 0) is 17.6 Å². The van der Waals surface area contributed by atoms with Crippen molar-refractivity contribution in [1.29, 1.82) is 5.26 Å². The molecule has 3 rings (SSSR count). The fourth-order valence-corrected chi connectivity index (χ4v) is 3.67. The molecule has 6 nitrogen and oxygen atoms in total. The lowest BCUT2D eigenvalue weighted by atomic mass is 9.89.